The molecule has 4 aromatic rings. The number of aryl methyl sites for hydroxylation is 1. The molecule has 2 heterocycles. The van der Waals surface area contributed by atoms with E-state index < -0.39 is 17.7 Å². The first kappa shape index (κ1) is 24.7. The summed E-state index contributed by atoms with van der Waals surface area (Å²) in [5, 5.41) is 6.14. The maximum Gasteiger partial charge on any atom is 0.328 e. The Balaban J connectivity index is 1.39. The van der Waals surface area contributed by atoms with Crippen molar-refractivity contribution in [2.24, 2.45) is 0 Å². The van der Waals surface area contributed by atoms with Gasteiger partial charge in [-0.25, -0.2) is 4.68 Å². The molecule has 5 rings (SSSR count). The number of methoxy groups -OCH3 is 1. The molecular weight excluding hydrogens is 488 g/mol. The molecule has 3 amide bonds. The van der Waals surface area contributed by atoms with Gasteiger partial charge in [-0.2, -0.15) is 0 Å². The summed E-state index contributed by atoms with van der Waals surface area (Å²) in [4.78, 5) is 39.0. The van der Waals surface area contributed by atoms with Gasteiger partial charge in [-0.1, -0.05) is 30.3 Å². The van der Waals surface area contributed by atoms with Crippen molar-refractivity contribution in [1.82, 2.24) is 9.99 Å². The number of amides is 3. The quantitative estimate of drug-likeness (QED) is 0.338. The molecule has 1 aliphatic heterocycles. The smallest absolute Gasteiger partial charge is 0.328 e. The van der Waals surface area contributed by atoms with Gasteiger partial charge in [-0.15, -0.1) is 0 Å². The minimum absolute atomic E-state index is 0.0959. The van der Waals surface area contributed by atoms with E-state index in [4.69, 9.17) is 14.2 Å². The van der Waals surface area contributed by atoms with Crippen LogP contribution in [0.15, 0.2) is 60.7 Å². The van der Waals surface area contributed by atoms with Gasteiger partial charge in [0.25, 0.3) is 5.91 Å². The highest BCUT2D eigenvalue weighted by molar-refractivity contribution is 6.38. The van der Waals surface area contributed by atoms with E-state index in [-0.39, 0.29) is 19.0 Å². The Hall–Kier alpha value is -4.99. The van der Waals surface area contributed by atoms with Crippen molar-refractivity contribution in [3.63, 3.8) is 0 Å². The number of ether oxygens (including phenoxy) is 3. The summed E-state index contributed by atoms with van der Waals surface area (Å²) in [7, 11) is 1.49. The fraction of sp³-hybridized carbons (Fsp3) is 0.179. The van der Waals surface area contributed by atoms with E-state index in [1.807, 2.05) is 26.0 Å². The number of aromatic nitrogens is 1. The molecule has 0 fully saturated rings. The number of hydrogen-bond acceptors (Lipinski definition) is 6. The number of carbonyl (C=O) groups excluding carboxylic acids is 3. The predicted octanol–water partition coefficient (Wildman–Crippen LogP) is 3.63. The van der Waals surface area contributed by atoms with Gasteiger partial charge in [0, 0.05) is 17.6 Å². The van der Waals surface area contributed by atoms with Crippen molar-refractivity contribution in [3.05, 3.63) is 83.0 Å². The molecule has 10 heteroatoms. The van der Waals surface area contributed by atoms with Crippen molar-refractivity contribution in [1.29, 1.82) is 0 Å². The molecule has 3 N–H and O–H groups in total. The zero-order valence-corrected chi connectivity index (χ0v) is 21.1. The van der Waals surface area contributed by atoms with Gasteiger partial charge in [0.2, 0.25) is 6.79 Å². The maximum absolute atomic E-state index is 13.4. The van der Waals surface area contributed by atoms with Gasteiger partial charge >= 0.3 is 11.8 Å². The first-order valence-electron chi connectivity index (χ1n) is 11.9. The second kappa shape index (κ2) is 10.2. The Morgan fingerprint density at radius 3 is 2.55 bits per heavy atom. The van der Waals surface area contributed by atoms with Crippen LogP contribution in [0.1, 0.15) is 27.2 Å². The summed E-state index contributed by atoms with van der Waals surface area (Å²) in [6, 6.07) is 17.7. The van der Waals surface area contributed by atoms with E-state index >= 15 is 0 Å². The number of nitrogens with one attached hydrogen (secondary N) is 3. The Morgan fingerprint density at radius 2 is 1.74 bits per heavy atom. The lowest BCUT2D eigenvalue weighted by molar-refractivity contribution is -0.136. The van der Waals surface area contributed by atoms with Gasteiger partial charge in [0.1, 0.15) is 17.0 Å². The molecule has 0 bridgehead atoms. The molecule has 0 saturated carbocycles. The van der Waals surface area contributed by atoms with Gasteiger partial charge in [0.05, 0.1) is 7.11 Å². The van der Waals surface area contributed by atoms with E-state index in [0.717, 1.165) is 16.7 Å². The van der Waals surface area contributed by atoms with E-state index in [9.17, 15) is 14.4 Å². The molecule has 1 aliphatic rings. The normalized spacial score (nSPS) is 11.8. The van der Waals surface area contributed by atoms with Gasteiger partial charge in [0.15, 0.2) is 11.5 Å². The van der Waals surface area contributed by atoms with E-state index in [1.54, 1.807) is 48.5 Å². The molecule has 194 valence electrons. The number of fused-ring (bicyclic) bond motifs is 2. The third kappa shape index (κ3) is 4.71. The van der Waals surface area contributed by atoms with Crippen LogP contribution in [0.5, 0.6) is 17.2 Å². The van der Waals surface area contributed by atoms with Crippen LogP contribution in [0, 0.1) is 13.8 Å². The van der Waals surface area contributed by atoms with Crippen molar-refractivity contribution >= 4 is 34.3 Å². The molecule has 0 spiro atoms. The highest BCUT2D eigenvalue weighted by Gasteiger charge is 2.23. The number of nitrogens with zero attached hydrogens (tertiary/aromatic N) is 1. The van der Waals surface area contributed by atoms with Crippen molar-refractivity contribution in [2.45, 2.75) is 20.4 Å². The Kier molecular flexibility index (Phi) is 6.61. The molecule has 0 radical (unpaired) electrons. The predicted molar refractivity (Wildman–Crippen MR) is 141 cm³/mol. The van der Waals surface area contributed by atoms with E-state index in [2.05, 4.69) is 16.1 Å². The van der Waals surface area contributed by atoms with E-state index in [0.29, 0.717) is 33.8 Å². The third-order valence-corrected chi connectivity index (χ3v) is 6.40. The number of anilines is 1. The highest BCUT2D eigenvalue weighted by atomic mass is 16.7. The van der Waals surface area contributed by atoms with Crippen molar-refractivity contribution in [2.75, 3.05) is 24.6 Å². The fourth-order valence-electron chi connectivity index (χ4n) is 4.21. The third-order valence-electron chi connectivity index (χ3n) is 6.40. The molecule has 1 aromatic heterocycles. The first-order valence-corrected chi connectivity index (χ1v) is 11.9. The average Bonchev–Trinajstić information content (AvgIpc) is 3.54. The molecule has 3 aromatic carbocycles. The summed E-state index contributed by atoms with van der Waals surface area (Å²) in [5.41, 5.74) is 6.46. The summed E-state index contributed by atoms with van der Waals surface area (Å²) in [5.74, 6) is -0.660. The molecule has 0 unspecified atom stereocenters. The molecule has 0 atom stereocenters. The van der Waals surface area contributed by atoms with Crippen LogP contribution in [0.3, 0.4) is 0 Å². The maximum atomic E-state index is 13.4. The number of carbonyl (C=O) groups is 3. The molecule has 0 saturated heterocycles. The lowest BCUT2D eigenvalue weighted by Gasteiger charge is -2.15. The SMILES string of the molecule is COc1cccc2cc(C(=O)Nc3cccc(C)c3C)n(NC(=O)C(=O)NCc3ccc4c(c3)OCO4)c12. The molecule has 10 nitrogen and oxygen atoms in total. The lowest BCUT2D eigenvalue weighted by Crippen LogP contribution is -2.39. The van der Waals surface area contributed by atoms with Crippen LogP contribution in [0.25, 0.3) is 10.9 Å². The van der Waals surface area contributed by atoms with Crippen LogP contribution in [-0.4, -0.2) is 36.3 Å². The van der Waals surface area contributed by atoms with E-state index in [1.165, 1.54) is 11.8 Å². The number of rotatable bonds is 6. The van der Waals surface area contributed by atoms with Crippen molar-refractivity contribution < 1.29 is 28.6 Å². The summed E-state index contributed by atoms with van der Waals surface area (Å²) in [6.07, 6.45) is 0. The van der Waals surface area contributed by atoms with Gasteiger partial charge in [-0.05, 0) is 60.9 Å². The minimum atomic E-state index is -0.949. The Labute approximate surface area is 218 Å². The zero-order chi connectivity index (χ0) is 26.8. The Morgan fingerprint density at radius 1 is 0.947 bits per heavy atom. The average molecular weight is 515 g/mol. The number of para-hydroxylation sites is 1. The van der Waals surface area contributed by atoms with Crippen LogP contribution in [-0.2, 0) is 16.1 Å². The van der Waals surface area contributed by atoms with Crippen LogP contribution >= 0.6 is 0 Å². The largest absolute Gasteiger partial charge is 0.494 e. The van der Waals surface area contributed by atoms with Crippen molar-refractivity contribution in [3.8, 4) is 17.2 Å². The second-order valence-corrected chi connectivity index (χ2v) is 8.78. The summed E-state index contributed by atoms with van der Waals surface area (Å²) < 4.78 is 17.4. The Bertz CT molecular complexity index is 1580. The number of hydrogen-bond donors (Lipinski definition) is 3. The first-order chi connectivity index (χ1) is 18.4. The van der Waals surface area contributed by atoms with Crippen LogP contribution < -0.4 is 30.3 Å². The number of benzene rings is 3. The van der Waals surface area contributed by atoms with Crippen LogP contribution in [0.2, 0.25) is 0 Å². The highest BCUT2D eigenvalue weighted by Crippen LogP contribution is 2.32. The zero-order valence-electron chi connectivity index (χ0n) is 21.1. The molecular formula is C28H26N4O6. The topological polar surface area (TPSA) is 120 Å². The summed E-state index contributed by atoms with van der Waals surface area (Å²) >= 11 is 0. The standard InChI is InChI=1S/C28H26N4O6/c1-16-6-4-8-20(17(16)2)30-26(33)21-13-19-7-5-9-23(36-3)25(19)32(21)31-28(35)27(34)29-14-18-10-11-22-24(12-18)38-15-37-22/h4-13H,14-15H2,1-3H3,(H,29,34)(H,30,33)(H,31,35). The van der Waals surface area contributed by atoms with Gasteiger partial charge < -0.3 is 24.8 Å². The molecule has 0 aliphatic carbocycles. The van der Waals surface area contributed by atoms with Gasteiger partial charge in [-0.3, -0.25) is 19.8 Å². The lowest BCUT2D eigenvalue weighted by atomic mass is 10.1. The minimum Gasteiger partial charge on any atom is -0.494 e. The fourth-order valence-corrected chi connectivity index (χ4v) is 4.21. The second-order valence-electron chi connectivity index (χ2n) is 8.78. The molecule has 38 heavy (non-hydrogen) atoms. The monoisotopic (exact) mass is 514 g/mol. The summed E-state index contributed by atoms with van der Waals surface area (Å²) in [6.45, 7) is 4.10. The van der Waals surface area contributed by atoms with Crippen LogP contribution in [0.4, 0.5) is 5.69 Å².